The Morgan fingerprint density at radius 1 is 1.56 bits per heavy atom. The van der Waals surface area contributed by atoms with Crippen molar-refractivity contribution in [3.8, 4) is 16.5 Å². The number of fused-ring (bicyclic) bond motifs is 1. The first-order chi connectivity index (χ1) is 12.1. The van der Waals surface area contributed by atoms with Crippen LogP contribution in [0.4, 0.5) is 0 Å². The molecule has 2 aromatic heterocycles. The summed E-state index contributed by atoms with van der Waals surface area (Å²) in [6.45, 7) is 3.87. The Bertz CT molecular complexity index is 813. The van der Waals surface area contributed by atoms with E-state index in [9.17, 15) is 10.1 Å². The number of nitrogens with zero attached hydrogens (tertiary/aromatic N) is 3. The highest BCUT2D eigenvalue weighted by atomic mass is 32.2. The normalized spacial score (nSPS) is 14.0. The smallest absolute Gasteiger partial charge is 0.316 e. The summed E-state index contributed by atoms with van der Waals surface area (Å²) in [5.41, 5.74) is 3.70. The second-order valence-corrected chi connectivity index (χ2v) is 7.67. The number of nitriles is 1. The summed E-state index contributed by atoms with van der Waals surface area (Å²) in [7, 11) is 2.08. The molecule has 0 saturated heterocycles. The number of carbonyl (C=O) groups is 1. The lowest BCUT2D eigenvalue weighted by Crippen LogP contribution is -2.28. The van der Waals surface area contributed by atoms with E-state index in [1.165, 1.54) is 11.8 Å². The average Bonchev–Trinajstić information content (AvgIpc) is 3.13. The van der Waals surface area contributed by atoms with Crippen LogP contribution in [0.3, 0.4) is 0 Å². The molecule has 0 unspecified atom stereocenters. The summed E-state index contributed by atoms with van der Waals surface area (Å²) in [6, 6.07) is 6.36. The van der Waals surface area contributed by atoms with Crippen LogP contribution in [0.5, 0.6) is 0 Å². The van der Waals surface area contributed by atoms with Crippen molar-refractivity contribution in [2.24, 2.45) is 0 Å². The molecular weight excluding hydrogens is 354 g/mol. The molecule has 0 atom stereocenters. The number of pyridine rings is 1. The minimum absolute atomic E-state index is 0.165. The van der Waals surface area contributed by atoms with E-state index >= 15 is 0 Å². The maximum Gasteiger partial charge on any atom is 0.316 e. The minimum atomic E-state index is -0.284. The predicted molar refractivity (Wildman–Crippen MR) is 99.7 cm³/mol. The molecule has 0 spiro atoms. The summed E-state index contributed by atoms with van der Waals surface area (Å²) in [4.78, 5) is 19.8. The van der Waals surface area contributed by atoms with Crippen molar-refractivity contribution in [3.63, 3.8) is 0 Å². The molecule has 25 heavy (non-hydrogen) atoms. The molecule has 0 aromatic carbocycles. The highest BCUT2D eigenvalue weighted by Crippen LogP contribution is 2.38. The first-order valence-electron chi connectivity index (χ1n) is 8.10. The van der Waals surface area contributed by atoms with Crippen molar-refractivity contribution in [1.29, 1.82) is 5.26 Å². The third kappa shape index (κ3) is 3.87. The molecule has 5 nitrogen and oxygen atoms in total. The first kappa shape index (κ1) is 17.9. The Hall–Kier alpha value is -1.88. The maximum atomic E-state index is 11.7. The molecule has 0 saturated carbocycles. The van der Waals surface area contributed by atoms with Crippen molar-refractivity contribution in [3.05, 3.63) is 34.3 Å². The van der Waals surface area contributed by atoms with Gasteiger partial charge in [0.1, 0.15) is 11.1 Å². The van der Waals surface area contributed by atoms with Gasteiger partial charge in [-0.25, -0.2) is 4.98 Å². The second kappa shape index (κ2) is 8.00. The zero-order chi connectivity index (χ0) is 17.8. The van der Waals surface area contributed by atoms with Crippen LogP contribution in [-0.2, 0) is 22.5 Å². The molecule has 0 radical (unpaired) electrons. The number of rotatable bonds is 5. The molecule has 130 valence electrons. The van der Waals surface area contributed by atoms with Crippen molar-refractivity contribution in [2.75, 3.05) is 26.0 Å². The Morgan fingerprint density at radius 3 is 3.08 bits per heavy atom. The standard InChI is InChI=1S/C18H19N3O2S2/c1-3-23-16(22)11-25-18-12(9-19)17(15-5-4-8-24-15)13-10-21(2)7-6-14(13)20-18/h4-5,8H,3,6-7,10-11H2,1-2H3. The fourth-order valence-electron chi connectivity index (χ4n) is 2.90. The maximum absolute atomic E-state index is 11.7. The number of thioether (sulfide) groups is 1. The van der Waals surface area contributed by atoms with Crippen LogP contribution in [0.15, 0.2) is 22.5 Å². The molecule has 0 amide bonds. The number of hydrogen-bond donors (Lipinski definition) is 0. The van der Waals surface area contributed by atoms with Gasteiger partial charge in [-0.1, -0.05) is 17.8 Å². The topological polar surface area (TPSA) is 66.2 Å². The highest BCUT2D eigenvalue weighted by Gasteiger charge is 2.25. The van der Waals surface area contributed by atoms with Gasteiger partial charge in [-0.05, 0) is 31.0 Å². The minimum Gasteiger partial charge on any atom is -0.465 e. The van der Waals surface area contributed by atoms with Crippen LogP contribution in [-0.4, -0.2) is 41.8 Å². The molecule has 0 fully saturated rings. The number of carbonyl (C=O) groups excluding carboxylic acids is 1. The van der Waals surface area contributed by atoms with Crippen LogP contribution >= 0.6 is 23.1 Å². The molecule has 7 heteroatoms. The summed E-state index contributed by atoms with van der Waals surface area (Å²) < 4.78 is 4.99. The van der Waals surface area contributed by atoms with Gasteiger partial charge in [-0.15, -0.1) is 11.3 Å². The van der Waals surface area contributed by atoms with Crippen LogP contribution in [0.25, 0.3) is 10.4 Å². The number of aromatic nitrogens is 1. The van der Waals surface area contributed by atoms with Gasteiger partial charge in [0.2, 0.25) is 0 Å². The van der Waals surface area contributed by atoms with Crippen molar-refractivity contribution in [2.45, 2.75) is 24.9 Å². The molecular formula is C18H19N3O2S2. The summed E-state index contributed by atoms with van der Waals surface area (Å²) >= 11 is 2.91. The summed E-state index contributed by atoms with van der Waals surface area (Å²) in [5, 5.41) is 12.4. The van der Waals surface area contributed by atoms with E-state index in [-0.39, 0.29) is 11.7 Å². The number of thiophene rings is 1. The third-order valence-electron chi connectivity index (χ3n) is 4.02. The van der Waals surface area contributed by atoms with E-state index < -0.39 is 0 Å². The lowest BCUT2D eigenvalue weighted by molar-refractivity contribution is -0.139. The van der Waals surface area contributed by atoms with Gasteiger partial charge in [-0.2, -0.15) is 5.26 Å². The Labute approximate surface area is 155 Å². The Balaban J connectivity index is 2.06. The Kier molecular flexibility index (Phi) is 5.74. The van der Waals surface area contributed by atoms with Crippen LogP contribution in [0.1, 0.15) is 23.7 Å². The van der Waals surface area contributed by atoms with Crippen molar-refractivity contribution < 1.29 is 9.53 Å². The summed E-state index contributed by atoms with van der Waals surface area (Å²) in [6.07, 6.45) is 0.850. The van der Waals surface area contributed by atoms with Gasteiger partial charge in [0.15, 0.2) is 0 Å². The van der Waals surface area contributed by atoms with E-state index in [0.29, 0.717) is 17.2 Å². The van der Waals surface area contributed by atoms with Crippen molar-refractivity contribution in [1.82, 2.24) is 9.88 Å². The van der Waals surface area contributed by atoms with Gasteiger partial charge in [0.05, 0.1) is 17.9 Å². The quantitative estimate of drug-likeness (QED) is 0.592. The van der Waals surface area contributed by atoms with Gasteiger partial charge in [0, 0.05) is 35.6 Å². The van der Waals surface area contributed by atoms with E-state index in [1.807, 2.05) is 17.5 Å². The van der Waals surface area contributed by atoms with Crippen LogP contribution < -0.4 is 0 Å². The van der Waals surface area contributed by atoms with E-state index in [0.717, 1.165) is 41.2 Å². The monoisotopic (exact) mass is 373 g/mol. The molecule has 3 rings (SSSR count). The Morgan fingerprint density at radius 2 is 2.40 bits per heavy atom. The van der Waals surface area contributed by atoms with Gasteiger partial charge in [0.25, 0.3) is 0 Å². The molecule has 0 N–H and O–H groups in total. The van der Waals surface area contributed by atoms with Gasteiger partial charge in [-0.3, -0.25) is 4.79 Å². The fraction of sp³-hybridized carbons (Fsp3) is 0.389. The van der Waals surface area contributed by atoms with Crippen LogP contribution in [0, 0.1) is 11.3 Å². The number of likely N-dealkylation sites (N-methyl/N-ethyl adjacent to an activating group) is 1. The fourth-order valence-corrected chi connectivity index (χ4v) is 4.51. The lowest BCUT2D eigenvalue weighted by atomic mass is 9.96. The molecule has 1 aliphatic heterocycles. The molecule has 3 heterocycles. The third-order valence-corrected chi connectivity index (χ3v) is 5.86. The molecule has 2 aromatic rings. The van der Waals surface area contributed by atoms with Crippen molar-refractivity contribution >= 4 is 29.1 Å². The number of esters is 1. The largest absolute Gasteiger partial charge is 0.465 e. The molecule has 1 aliphatic rings. The first-order valence-corrected chi connectivity index (χ1v) is 9.97. The predicted octanol–water partition coefficient (Wildman–Crippen LogP) is 3.32. The lowest BCUT2D eigenvalue weighted by Gasteiger charge is -2.27. The molecule has 0 aliphatic carbocycles. The zero-order valence-corrected chi connectivity index (χ0v) is 15.9. The summed E-state index contributed by atoms with van der Waals surface area (Å²) in [5.74, 6) is -0.119. The molecule has 0 bridgehead atoms. The number of hydrogen-bond acceptors (Lipinski definition) is 7. The van der Waals surface area contributed by atoms with E-state index in [4.69, 9.17) is 9.72 Å². The number of ether oxygens (including phenoxy) is 1. The van der Waals surface area contributed by atoms with E-state index in [1.54, 1.807) is 18.3 Å². The van der Waals surface area contributed by atoms with Gasteiger partial charge < -0.3 is 9.64 Å². The highest BCUT2D eigenvalue weighted by molar-refractivity contribution is 7.99. The second-order valence-electron chi connectivity index (χ2n) is 5.76. The average molecular weight is 374 g/mol. The van der Waals surface area contributed by atoms with E-state index in [2.05, 4.69) is 18.0 Å². The zero-order valence-electron chi connectivity index (χ0n) is 14.2. The SMILES string of the molecule is CCOC(=O)CSc1nc2c(c(-c3cccs3)c1C#N)CN(C)CC2. The van der Waals surface area contributed by atoms with Gasteiger partial charge >= 0.3 is 5.97 Å². The van der Waals surface area contributed by atoms with Crippen LogP contribution in [0.2, 0.25) is 0 Å².